The van der Waals surface area contributed by atoms with E-state index < -0.39 is 11.8 Å². The Balaban J connectivity index is 1.53. The maximum Gasteiger partial charge on any atom is 0.285 e. The highest BCUT2D eigenvalue weighted by molar-refractivity contribution is 9.10. The van der Waals surface area contributed by atoms with E-state index in [9.17, 15) is 9.59 Å². The van der Waals surface area contributed by atoms with E-state index in [1.54, 1.807) is 24.3 Å². The Morgan fingerprint density at radius 3 is 2.67 bits per heavy atom. The highest BCUT2D eigenvalue weighted by atomic mass is 79.9. The number of amides is 2. The van der Waals surface area contributed by atoms with Crippen LogP contribution in [0.5, 0.6) is 5.75 Å². The zero-order chi connectivity index (χ0) is 23.4. The Morgan fingerprint density at radius 1 is 1.12 bits per heavy atom. The number of carbonyl (C=O) groups excluding carboxylic acids is 2. The van der Waals surface area contributed by atoms with Gasteiger partial charge in [0, 0.05) is 20.6 Å². The number of hydrazine groups is 1. The second-order valence-electron chi connectivity index (χ2n) is 6.92. The first-order valence-electron chi connectivity index (χ1n) is 9.71. The van der Waals surface area contributed by atoms with E-state index in [2.05, 4.69) is 21.4 Å². The molecule has 5 nitrogen and oxygen atoms in total. The predicted octanol–water partition coefficient (Wildman–Crippen LogP) is 6.23. The zero-order valence-corrected chi connectivity index (χ0v) is 20.9. The van der Waals surface area contributed by atoms with Crippen LogP contribution in [0.3, 0.4) is 0 Å². The Morgan fingerprint density at radius 2 is 1.91 bits per heavy atom. The van der Waals surface area contributed by atoms with Gasteiger partial charge in [-0.05, 0) is 60.3 Å². The fourth-order valence-corrected chi connectivity index (χ4v) is 4.74. The van der Waals surface area contributed by atoms with Crippen molar-refractivity contribution >= 4 is 73.7 Å². The molecular formula is C24H16BrClN2O3S2. The first-order chi connectivity index (χ1) is 15.9. The predicted molar refractivity (Wildman–Crippen MR) is 139 cm³/mol. The number of rotatable bonds is 6. The molecule has 3 aromatic carbocycles. The number of hydrogen-bond donors (Lipinski definition) is 1. The molecule has 0 aliphatic carbocycles. The van der Waals surface area contributed by atoms with Crippen molar-refractivity contribution in [1.29, 1.82) is 0 Å². The Hall–Kier alpha value is -2.65. The molecule has 3 aromatic rings. The SMILES string of the molecule is O=C(NN1C(=O)/C(=C/c2cc(Br)ccc2OCc2ccccc2)SC1=S)c1cccc(Cl)c1. The molecule has 2 amide bonds. The molecule has 1 aliphatic heterocycles. The molecule has 33 heavy (non-hydrogen) atoms. The molecule has 0 saturated carbocycles. The second-order valence-corrected chi connectivity index (χ2v) is 9.95. The van der Waals surface area contributed by atoms with Gasteiger partial charge in [-0.15, -0.1) is 0 Å². The lowest BCUT2D eigenvalue weighted by molar-refractivity contribution is -0.123. The molecule has 166 valence electrons. The number of carbonyl (C=O) groups is 2. The first kappa shape index (κ1) is 23.5. The van der Waals surface area contributed by atoms with Gasteiger partial charge in [0.15, 0.2) is 4.32 Å². The zero-order valence-electron chi connectivity index (χ0n) is 17.0. The molecule has 0 radical (unpaired) electrons. The lowest BCUT2D eigenvalue weighted by Gasteiger charge is -2.15. The third-order valence-corrected chi connectivity index (χ3v) is 6.62. The summed E-state index contributed by atoms with van der Waals surface area (Å²) in [6, 6.07) is 21.8. The van der Waals surface area contributed by atoms with Crippen molar-refractivity contribution in [2.24, 2.45) is 0 Å². The molecule has 1 N–H and O–H groups in total. The number of nitrogens with one attached hydrogen (secondary N) is 1. The lowest BCUT2D eigenvalue weighted by Crippen LogP contribution is -2.44. The number of nitrogens with zero attached hydrogens (tertiary/aromatic N) is 1. The monoisotopic (exact) mass is 558 g/mol. The van der Waals surface area contributed by atoms with Crippen molar-refractivity contribution < 1.29 is 14.3 Å². The molecule has 0 atom stereocenters. The summed E-state index contributed by atoms with van der Waals surface area (Å²) in [4.78, 5) is 25.9. The molecular weight excluding hydrogens is 544 g/mol. The van der Waals surface area contributed by atoms with Crippen LogP contribution in [0.15, 0.2) is 82.2 Å². The molecule has 1 heterocycles. The van der Waals surface area contributed by atoms with Gasteiger partial charge >= 0.3 is 0 Å². The minimum absolute atomic E-state index is 0.225. The maximum atomic E-state index is 13.0. The van der Waals surface area contributed by atoms with E-state index in [-0.39, 0.29) is 4.32 Å². The van der Waals surface area contributed by atoms with Crippen molar-refractivity contribution in [1.82, 2.24) is 10.4 Å². The number of thioether (sulfide) groups is 1. The molecule has 0 unspecified atom stereocenters. The van der Waals surface area contributed by atoms with Crippen molar-refractivity contribution in [3.63, 3.8) is 0 Å². The van der Waals surface area contributed by atoms with Gasteiger partial charge in [0.2, 0.25) is 0 Å². The Kier molecular flexibility index (Phi) is 7.49. The van der Waals surface area contributed by atoms with Crippen LogP contribution in [-0.2, 0) is 11.4 Å². The number of ether oxygens (including phenoxy) is 1. The van der Waals surface area contributed by atoms with E-state index in [4.69, 9.17) is 28.6 Å². The van der Waals surface area contributed by atoms with Crippen molar-refractivity contribution in [2.45, 2.75) is 6.61 Å². The van der Waals surface area contributed by atoms with Crippen molar-refractivity contribution in [2.75, 3.05) is 0 Å². The third-order valence-electron chi connectivity index (χ3n) is 4.59. The average Bonchev–Trinajstić information content (AvgIpc) is 3.06. The van der Waals surface area contributed by atoms with Crippen LogP contribution < -0.4 is 10.2 Å². The fraction of sp³-hybridized carbons (Fsp3) is 0.0417. The maximum absolute atomic E-state index is 13.0. The van der Waals surface area contributed by atoms with E-state index >= 15 is 0 Å². The molecule has 1 fully saturated rings. The van der Waals surface area contributed by atoms with E-state index in [0.717, 1.165) is 26.8 Å². The van der Waals surface area contributed by atoms with Gasteiger partial charge < -0.3 is 4.74 Å². The van der Waals surface area contributed by atoms with Gasteiger partial charge in [0.25, 0.3) is 11.8 Å². The van der Waals surface area contributed by atoms with E-state index in [1.807, 2.05) is 48.5 Å². The quantitative estimate of drug-likeness (QED) is 0.287. The Labute approximate surface area is 213 Å². The molecule has 0 spiro atoms. The van der Waals surface area contributed by atoms with Crippen molar-refractivity contribution in [3.05, 3.63) is 104 Å². The van der Waals surface area contributed by atoms with Crippen molar-refractivity contribution in [3.8, 4) is 5.75 Å². The average molecular weight is 560 g/mol. The summed E-state index contributed by atoms with van der Waals surface area (Å²) in [5.74, 6) is -0.283. The van der Waals surface area contributed by atoms with Gasteiger partial charge in [-0.25, -0.2) is 0 Å². The summed E-state index contributed by atoms with van der Waals surface area (Å²) in [6.45, 7) is 0.389. The highest BCUT2D eigenvalue weighted by Gasteiger charge is 2.34. The lowest BCUT2D eigenvalue weighted by atomic mass is 10.1. The molecule has 1 aliphatic rings. The van der Waals surface area contributed by atoms with Crippen LogP contribution in [0.4, 0.5) is 0 Å². The molecule has 9 heteroatoms. The molecule has 0 aromatic heterocycles. The summed E-state index contributed by atoms with van der Waals surface area (Å²) >= 11 is 15.8. The van der Waals surface area contributed by atoms with E-state index in [0.29, 0.717) is 33.4 Å². The summed E-state index contributed by atoms with van der Waals surface area (Å²) < 4.78 is 7.06. The van der Waals surface area contributed by atoms with Crippen LogP contribution in [0.25, 0.3) is 6.08 Å². The highest BCUT2D eigenvalue weighted by Crippen LogP contribution is 2.34. The van der Waals surface area contributed by atoms with Crippen LogP contribution in [0.1, 0.15) is 21.5 Å². The molecule has 1 saturated heterocycles. The Bertz CT molecular complexity index is 1270. The number of thiocarbonyl (C=S) groups is 1. The van der Waals surface area contributed by atoms with E-state index in [1.165, 1.54) is 6.07 Å². The molecule has 0 bridgehead atoms. The minimum Gasteiger partial charge on any atom is -0.488 e. The van der Waals surface area contributed by atoms with Gasteiger partial charge in [-0.2, -0.15) is 5.01 Å². The largest absolute Gasteiger partial charge is 0.488 e. The van der Waals surface area contributed by atoms with Crippen LogP contribution in [0, 0.1) is 0 Å². The molecule has 4 rings (SSSR count). The summed E-state index contributed by atoms with van der Waals surface area (Å²) in [7, 11) is 0. The van der Waals surface area contributed by atoms with Crippen LogP contribution >= 0.6 is 51.5 Å². The van der Waals surface area contributed by atoms with Crippen LogP contribution in [-0.4, -0.2) is 21.1 Å². The van der Waals surface area contributed by atoms with Gasteiger partial charge in [-0.1, -0.05) is 75.7 Å². The second kappa shape index (κ2) is 10.5. The van der Waals surface area contributed by atoms with Crippen LogP contribution in [0.2, 0.25) is 5.02 Å². The number of benzene rings is 3. The number of hydrogen-bond acceptors (Lipinski definition) is 5. The topological polar surface area (TPSA) is 58.6 Å². The minimum atomic E-state index is -0.482. The summed E-state index contributed by atoms with van der Waals surface area (Å²) in [6.07, 6.45) is 1.70. The number of halogens is 2. The smallest absolute Gasteiger partial charge is 0.285 e. The normalized spacial score (nSPS) is 14.6. The fourth-order valence-electron chi connectivity index (χ4n) is 3.00. The van der Waals surface area contributed by atoms with Gasteiger partial charge in [0.1, 0.15) is 12.4 Å². The standard InChI is InChI=1S/C24H16BrClN2O3S2/c25-18-9-10-20(31-14-15-5-2-1-3-6-15)17(11-18)13-21-23(30)28(24(32)33-21)27-22(29)16-7-4-8-19(26)12-16/h1-13H,14H2,(H,27,29)/b21-13-. The van der Waals surface area contributed by atoms with Gasteiger partial charge in [-0.3, -0.25) is 15.0 Å². The summed E-state index contributed by atoms with van der Waals surface area (Å²) in [5.41, 5.74) is 4.62. The summed E-state index contributed by atoms with van der Waals surface area (Å²) in [5, 5.41) is 1.49. The first-order valence-corrected chi connectivity index (χ1v) is 12.1. The third kappa shape index (κ3) is 5.83. The van der Waals surface area contributed by atoms with Gasteiger partial charge in [0.05, 0.1) is 4.91 Å².